The van der Waals surface area contributed by atoms with Gasteiger partial charge in [-0.3, -0.25) is 14.6 Å². The number of ether oxygens (including phenoxy) is 1. The van der Waals surface area contributed by atoms with Crippen molar-refractivity contribution in [1.29, 1.82) is 0 Å². The number of anilines is 2. The van der Waals surface area contributed by atoms with Crippen LogP contribution in [0.2, 0.25) is 0 Å². The van der Waals surface area contributed by atoms with Gasteiger partial charge in [0, 0.05) is 57.3 Å². The van der Waals surface area contributed by atoms with Gasteiger partial charge >= 0.3 is 0 Å². The Balaban J connectivity index is 1.02. The first-order valence-corrected chi connectivity index (χ1v) is 13.1. The van der Waals surface area contributed by atoms with E-state index in [0.29, 0.717) is 24.9 Å². The second kappa shape index (κ2) is 11.1. The molecule has 1 aromatic heterocycles. The van der Waals surface area contributed by atoms with E-state index < -0.39 is 0 Å². The fourth-order valence-corrected chi connectivity index (χ4v) is 5.44. The normalized spacial score (nSPS) is 19.8. The van der Waals surface area contributed by atoms with Crippen LogP contribution in [0.15, 0.2) is 48.8 Å². The molecule has 1 N–H and O–H groups in total. The largest absolute Gasteiger partial charge is 0.490 e. The molecule has 3 heterocycles. The van der Waals surface area contributed by atoms with Gasteiger partial charge in [-0.2, -0.15) is 0 Å². The molecule has 0 radical (unpaired) electrons. The van der Waals surface area contributed by atoms with E-state index in [4.69, 9.17) is 4.74 Å². The summed E-state index contributed by atoms with van der Waals surface area (Å²) in [6.45, 7) is 2.98. The second-order valence-corrected chi connectivity index (χ2v) is 10.2. The zero-order valence-electron chi connectivity index (χ0n) is 20.4. The van der Waals surface area contributed by atoms with Crippen LogP contribution in [0.3, 0.4) is 0 Å². The first-order chi connectivity index (χ1) is 17.1. The van der Waals surface area contributed by atoms with Crippen LogP contribution in [-0.2, 0) is 9.59 Å². The summed E-state index contributed by atoms with van der Waals surface area (Å²) in [6, 6.07) is 11.5. The van der Waals surface area contributed by atoms with Crippen molar-refractivity contribution in [2.75, 3.05) is 36.4 Å². The van der Waals surface area contributed by atoms with Crippen molar-refractivity contribution in [2.24, 2.45) is 11.8 Å². The molecule has 1 saturated carbocycles. The van der Waals surface area contributed by atoms with Crippen LogP contribution in [0.4, 0.5) is 11.4 Å². The molecule has 2 aliphatic heterocycles. The third-order valence-corrected chi connectivity index (χ3v) is 7.67. The first kappa shape index (κ1) is 23.6. The lowest BCUT2D eigenvalue weighted by Gasteiger charge is -2.39. The van der Waals surface area contributed by atoms with Crippen LogP contribution in [0.1, 0.15) is 51.4 Å². The van der Waals surface area contributed by atoms with Gasteiger partial charge in [-0.1, -0.05) is 19.3 Å². The highest BCUT2D eigenvalue weighted by molar-refractivity contribution is 5.94. The van der Waals surface area contributed by atoms with Gasteiger partial charge in [0.15, 0.2) is 0 Å². The Hall–Kier alpha value is -3.09. The predicted molar refractivity (Wildman–Crippen MR) is 136 cm³/mol. The van der Waals surface area contributed by atoms with Crippen molar-refractivity contribution in [3.8, 4) is 5.75 Å². The van der Waals surface area contributed by atoms with Gasteiger partial charge in [0.1, 0.15) is 11.9 Å². The SMILES string of the molecule is O=C(Nc1ccc(OC2CCN(C(=O)CC3CCCCC3)CC2)cc1)C1CN(c2cccnc2)C1. The van der Waals surface area contributed by atoms with Gasteiger partial charge in [0.05, 0.1) is 17.8 Å². The number of nitrogens with one attached hydrogen (secondary N) is 1. The van der Waals surface area contributed by atoms with Crippen molar-refractivity contribution in [3.05, 3.63) is 48.8 Å². The van der Waals surface area contributed by atoms with Crippen molar-refractivity contribution < 1.29 is 14.3 Å². The molecule has 3 fully saturated rings. The molecule has 2 aromatic rings. The number of rotatable bonds is 7. The molecule has 186 valence electrons. The zero-order valence-corrected chi connectivity index (χ0v) is 20.4. The predicted octanol–water partition coefficient (Wildman–Crippen LogP) is 4.50. The number of aromatic nitrogens is 1. The molecule has 1 aliphatic carbocycles. The molecular formula is C28H36N4O3. The highest BCUT2D eigenvalue weighted by atomic mass is 16.5. The molecule has 1 aromatic carbocycles. The smallest absolute Gasteiger partial charge is 0.231 e. The van der Waals surface area contributed by atoms with Gasteiger partial charge in [0.2, 0.25) is 11.8 Å². The number of carbonyl (C=O) groups is 2. The summed E-state index contributed by atoms with van der Waals surface area (Å²) < 4.78 is 6.17. The number of hydrogen-bond acceptors (Lipinski definition) is 5. The van der Waals surface area contributed by atoms with E-state index in [-0.39, 0.29) is 17.9 Å². The van der Waals surface area contributed by atoms with E-state index in [0.717, 1.165) is 49.5 Å². The molecule has 0 spiro atoms. The molecule has 0 bridgehead atoms. The quantitative estimate of drug-likeness (QED) is 0.637. The third-order valence-electron chi connectivity index (χ3n) is 7.67. The van der Waals surface area contributed by atoms with E-state index in [9.17, 15) is 9.59 Å². The molecule has 5 rings (SSSR count). The number of benzene rings is 1. The van der Waals surface area contributed by atoms with Crippen LogP contribution in [-0.4, -0.2) is 54.0 Å². The first-order valence-electron chi connectivity index (χ1n) is 13.1. The summed E-state index contributed by atoms with van der Waals surface area (Å²) in [4.78, 5) is 33.6. The molecule has 0 atom stereocenters. The van der Waals surface area contributed by atoms with Crippen molar-refractivity contribution in [1.82, 2.24) is 9.88 Å². The van der Waals surface area contributed by atoms with Gasteiger partial charge in [-0.05, 0) is 55.2 Å². The van der Waals surface area contributed by atoms with E-state index in [1.165, 1.54) is 32.1 Å². The average Bonchev–Trinajstić information content (AvgIpc) is 2.86. The lowest BCUT2D eigenvalue weighted by atomic mass is 9.86. The summed E-state index contributed by atoms with van der Waals surface area (Å²) in [5.74, 6) is 1.75. The topological polar surface area (TPSA) is 74.8 Å². The molecule has 2 amide bonds. The number of amides is 2. The number of hydrogen-bond donors (Lipinski definition) is 1. The average molecular weight is 477 g/mol. The van der Waals surface area contributed by atoms with Crippen molar-refractivity contribution in [3.63, 3.8) is 0 Å². The van der Waals surface area contributed by atoms with E-state index in [2.05, 4.69) is 15.2 Å². The van der Waals surface area contributed by atoms with Crippen LogP contribution < -0.4 is 15.0 Å². The Morgan fingerprint density at radius 3 is 2.40 bits per heavy atom. The van der Waals surface area contributed by atoms with Crippen LogP contribution >= 0.6 is 0 Å². The Morgan fingerprint density at radius 2 is 1.71 bits per heavy atom. The Labute approximate surface area is 207 Å². The Bertz CT molecular complexity index is 977. The summed E-state index contributed by atoms with van der Waals surface area (Å²) >= 11 is 0. The van der Waals surface area contributed by atoms with Gasteiger partial charge in [-0.15, -0.1) is 0 Å². The minimum atomic E-state index is -0.0165. The van der Waals surface area contributed by atoms with Crippen LogP contribution in [0.25, 0.3) is 0 Å². The maximum atomic E-state index is 12.7. The standard InChI is InChI=1S/C28H36N4O3/c33-27(17-21-5-2-1-3-6-21)31-15-12-26(13-16-31)35-25-10-8-23(9-11-25)30-28(34)22-19-32(20-22)24-7-4-14-29-18-24/h4,7-11,14,18,21-22,26H,1-3,5-6,12-13,15-17,19-20H2,(H,30,34). The van der Waals surface area contributed by atoms with Gasteiger partial charge < -0.3 is 19.9 Å². The number of nitrogens with zero attached hydrogens (tertiary/aromatic N) is 3. The number of carbonyl (C=O) groups excluding carboxylic acids is 2. The van der Waals surface area contributed by atoms with E-state index in [1.807, 2.05) is 47.5 Å². The number of piperidine rings is 1. The monoisotopic (exact) mass is 476 g/mol. The van der Waals surface area contributed by atoms with Crippen molar-refractivity contribution >= 4 is 23.2 Å². The van der Waals surface area contributed by atoms with Gasteiger partial charge in [0.25, 0.3) is 0 Å². The van der Waals surface area contributed by atoms with E-state index in [1.54, 1.807) is 6.20 Å². The zero-order chi connectivity index (χ0) is 24.0. The highest BCUT2D eigenvalue weighted by Crippen LogP contribution is 2.28. The Kier molecular flexibility index (Phi) is 7.50. The molecule has 7 nitrogen and oxygen atoms in total. The summed E-state index contributed by atoms with van der Waals surface area (Å²) in [7, 11) is 0. The number of pyridine rings is 1. The van der Waals surface area contributed by atoms with Crippen LogP contribution in [0, 0.1) is 11.8 Å². The summed E-state index contributed by atoms with van der Waals surface area (Å²) in [6.07, 6.45) is 12.5. The minimum absolute atomic E-state index is 0.0165. The third kappa shape index (κ3) is 6.13. The fourth-order valence-electron chi connectivity index (χ4n) is 5.44. The molecule has 7 heteroatoms. The molecular weight excluding hydrogens is 440 g/mol. The fraction of sp³-hybridized carbons (Fsp3) is 0.536. The van der Waals surface area contributed by atoms with Crippen LogP contribution in [0.5, 0.6) is 5.75 Å². The molecule has 35 heavy (non-hydrogen) atoms. The maximum Gasteiger partial charge on any atom is 0.231 e. The Morgan fingerprint density at radius 1 is 0.971 bits per heavy atom. The van der Waals surface area contributed by atoms with Gasteiger partial charge in [-0.25, -0.2) is 0 Å². The minimum Gasteiger partial charge on any atom is -0.490 e. The van der Waals surface area contributed by atoms with Crippen molar-refractivity contribution in [2.45, 2.75) is 57.5 Å². The number of likely N-dealkylation sites (tertiary alicyclic amines) is 1. The van der Waals surface area contributed by atoms with E-state index >= 15 is 0 Å². The lowest BCUT2D eigenvalue weighted by Crippen LogP contribution is -2.52. The second-order valence-electron chi connectivity index (χ2n) is 10.2. The summed E-state index contributed by atoms with van der Waals surface area (Å²) in [5.41, 5.74) is 1.84. The lowest BCUT2D eigenvalue weighted by molar-refractivity contribution is -0.134. The highest BCUT2D eigenvalue weighted by Gasteiger charge is 2.33. The maximum absolute atomic E-state index is 12.7. The molecule has 3 aliphatic rings. The summed E-state index contributed by atoms with van der Waals surface area (Å²) in [5, 5.41) is 3.02. The molecule has 0 unspecified atom stereocenters. The molecule has 2 saturated heterocycles.